The number of hydrogen-bond acceptors (Lipinski definition) is 4. The monoisotopic (exact) mass is 468 g/mol. The SMILES string of the molecule is Cc1ccc(C)c(NC2=C(Sc3ccccc3)C(=O)N(c3ccc(Cl)cc3Cl)C2=O)c1. The van der Waals surface area contributed by atoms with Crippen LogP contribution >= 0.6 is 35.0 Å². The zero-order valence-corrected chi connectivity index (χ0v) is 19.1. The summed E-state index contributed by atoms with van der Waals surface area (Å²) in [5, 5.41) is 3.86. The molecule has 0 bridgehead atoms. The van der Waals surface area contributed by atoms with E-state index in [2.05, 4.69) is 5.32 Å². The molecular formula is C24H18Cl2N2O2S. The number of aryl methyl sites for hydroxylation is 2. The van der Waals surface area contributed by atoms with E-state index in [9.17, 15) is 9.59 Å². The number of imide groups is 1. The summed E-state index contributed by atoms with van der Waals surface area (Å²) in [5.41, 5.74) is 3.29. The Morgan fingerprint density at radius 1 is 0.871 bits per heavy atom. The Hall–Kier alpha value is -2.73. The van der Waals surface area contributed by atoms with Crippen LogP contribution in [0.4, 0.5) is 11.4 Å². The van der Waals surface area contributed by atoms with Crippen LogP contribution in [0, 0.1) is 13.8 Å². The highest BCUT2D eigenvalue weighted by Gasteiger charge is 2.41. The molecule has 0 fully saturated rings. The van der Waals surface area contributed by atoms with Crippen molar-refractivity contribution in [1.82, 2.24) is 0 Å². The summed E-state index contributed by atoms with van der Waals surface area (Å²) < 4.78 is 0. The average molecular weight is 469 g/mol. The Balaban J connectivity index is 1.79. The maximum atomic E-state index is 13.4. The Morgan fingerprint density at radius 2 is 1.61 bits per heavy atom. The van der Waals surface area contributed by atoms with Crippen LogP contribution in [0.15, 0.2) is 82.2 Å². The van der Waals surface area contributed by atoms with Gasteiger partial charge in [0.2, 0.25) is 0 Å². The molecule has 1 aliphatic heterocycles. The molecule has 156 valence electrons. The van der Waals surface area contributed by atoms with Crippen molar-refractivity contribution < 1.29 is 9.59 Å². The molecule has 0 unspecified atom stereocenters. The summed E-state index contributed by atoms with van der Waals surface area (Å²) in [5.74, 6) is -0.899. The van der Waals surface area contributed by atoms with Crippen molar-refractivity contribution in [1.29, 1.82) is 0 Å². The highest BCUT2D eigenvalue weighted by molar-refractivity contribution is 8.04. The number of nitrogens with one attached hydrogen (secondary N) is 1. The first-order valence-electron chi connectivity index (χ1n) is 9.50. The molecule has 1 aliphatic rings. The maximum absolute atomic E-state index is 13.4. The number of halogens is 2. The molecule has 31 heavy (non-hydrogen) atoms. The molecule has 4 rings (SSSR count). The molecule has 2 amide bonds. The molecule has 3 aromatic carbocycles. The van der Waals surface area contributed by atoms with Crippen molar-refractivity contribution >= 4 is 58.2 Å². The number of carbonyl (C=O) groups is 2. The Labute approximate surface area is 194 Å². The van der Waals surface area contributed by atoms with Crippen LogP contribution in [-0.2, 0) is 9.59 Å². The minimum absolute atomic E-state index is 0.221. The van der Waals surface area contributed by atoms with E-state index in [1.165, 1.54) is 17.8 Å². The smallest absolute Gasteiger partial charge is 0.283 e. The minimum atomic E-state index is -0.464. The average Bonchev–Trinajstić information content (AvgIpc) is 2.96. The summed E-state index contributed by atoms with van der Waals surface area (Å²) >= 11 is 13.6. The summed E-state index contributed by atoms with van der Waals surface area (Å²) in [7, 11) is 0. The van der Waals surface area contributed by atoms with E-state index in [1.54, 1.807) is 12.1 Å². The van der Waals surface area contributed by atoms with Crippen molar-refractivity contribution in [2.24, 2.45) is 0 Å². The highest BCUT2D eigenvalue weighted by Crippen LogP contribution is 2.40. The van der Waals surface area contributed by atoms with Crippen LogP contribution in [0.25, 0.3) is 0 Å². The number of carbonyl (C=O) groups excluding carboxylic acids is 2. The van der Waals surface area contributed by atoms with Crippen LogP contribution in [0.1, 0.15) is 11.1 Å². The fourth-order valence-corrected chi connectivity index (χ4v) is 4.65. The third kappa shape index (κ3) is 4.35. The van der Waals surface area contributed by atoms with Gasteiger partial charge < -0.3 is 5.32 Å². The molecule has 0 atom stereocenters. The number of hydrogen-bond donors (Lipinski definition) is 1. The van der Waals surface area contributed by atoms with Gasteiger partial charge in [0.25, 0.3) is 11.8 Å². The standard InChI is InChI=1S/C24H18Cl2N2O2S/c1-14-8-9-15(2)19(12-14)27-21-22(31-17-6-4-3-5-7-17)24(30)28(23(21)29)20-11-10-16(25)13-18(20)26/h3-13,27H,1-2H3. The second-order valence-electron chi connectivity index (χ2n) is 7.10. The molecule has 0 aliphatic carbocycles. The van der Waals surface area contributed by atoms with Gasteiger partial charge in [-0.1, -0.05) is 65.3 Å². The maximum Gasteiger partial charge on any atom is 0.283 e. The van der Waals surface area contributed by atoms with Crippen molar-refractivity contribution in [2.75, 3.05) is 10.2 Å². The van der Waals surface area contributed by atoms with E-state index >= 15 is 0 Å². The topological polar surface area (TPSA) is 49.4 Å². The molecule has 1 heterocycles. The second-order valence-corrected chi connectivity index (χ2v) is 9.03. The van der Waals surface area contributed by atoms with Crippen molar-refractivity contribution in [2.45, 2.75) is 18.7 Å². The summed E-state index contributed by atoms with van der Waals surface area (Å²) in [6.45, 7) is 3.92. The summed E-state index contributed by atoms with van der Waals surface area (Å²) in [4.78, 5) is 29.1. The van der Waals surface area contributed by atoms with Crippen LogP contribution in [0.3, 0.4) is 0 Å². The Kier molecular flexibility index (Phi) is 6.10. The van der Waals surface area contributed by atoms with E-state index in [-0.39, 0.29) is 10.7 Å². The van der Waals surface area contributed by atoms with Gasteiger partial charge in [-0.15, -0.1) is 0 Å². The van der Waals surface area contributed by atoms with E-state index in [1.807, 2.05) is 62.4 Å². The lowest BCUT2D eigenvalue weighted by Gasteiger charge is -2.17. The molecule has 0 saturated heterocycles. The van der Waals surface area contributed by atoms with Gasteiger partial charge in [-0.25, -0.2) is 4.90 Å². The predicted octanol–water partition coefficient (Wildman–Crippen LogP) is 6.60. The quantitative estimate of drug-likeness (QED) is 0.428. The lowest BCUT2D eigenvalue weighted by atomic mass is 10.1. The van der Waals surface area contributed by atoms with E-state index in [4.69, 9.17) is 23.2 Å². The van der Waals surface area contributed by atoms with Gasteiger partial charge in [0.15, 0.2) is 0 Å². The number of anilines is 2. The molecule has 7 heteroatoms. The van der Waals surface area contributed by atoms with Gasteiger partial charge in [-0.05, 0) is 61.4 Å². The van der Waals surface area contributed by atoms with Gasteiger partial charge in [-0.2, -0.15) is 0 Å². The number of nitrogens with zero attached hydrogens (tertiary/aromatic N) is 1. The van der Waals surface area contributed by atoms with E-state index < -0.39 is 11.8 Å². The molecule has 0 radical (unpaired) electrons. The van der Waals surface area contributed by atoms with Crippen LogP contribution in [0.5, 0.6) is 0 Å². The normalized spacial score (nSPS) is 13.9. The molecule has 1 N–H and O–H groups in total. The van der Waals surface area contributed by atoms with Gasteiger partial charge in [0.05, 0.1) is 10.7 Å². The molecule has 3 aromatic rings. The first-order chi connectivity index (χ1) is 14.8. The highest BCUT2D eigenvalue weighted by atomic mass is 35.5. The molecular weight excluding hydrogens is 451 g/mol. The molecule has 0 aromatic heterocycles. The van der Waals surface area contributed by atoms with Crippen LogP contribution < -0.4 is 10.2 Å². The zero-order valence-electron chi connectivity index (χ0n) is 16.8. The molecule has 0 saturated carbocycles. The summed E-state index contributed by atoms with van der Waals surface area (Å²) in [6, 6.07) is 20.1. The van der Waals surface area contributed by atoms with Gasteiger partial charge in [0, 0.05) is 15.6 Å². The fraction of sp³-hybridized carbons (Fsp3) is 0.0833. The van der Waals surface area contributed by atoms with E-state index in [0.717, 1.165) is 26.6 Å². The van der Waals surface area contributed by atoms with E-state index in [0.29, 0.717) is 15.6 Å². The number of thioether (sulfide) groups is 1. The van der Waals surface area contributed by atoms with Crippen molar-refractivity contribution in [3.05, 3.63) is 98.5 Å². The first kappa shape index (κ1) is 21.5. The van der Waals surface area contributed by atoms with Crippen molar-refractivity contribution in [3.8, 4) is 0 Å². The van der Waals surface area contributed by atoms with Crippen LogP contribution in [-0.4, -0.2) is 11.8 Å². The second kappa shape index (κ2) is 8.79. The number of amides is 2. The molecule has 4 nitrogen and oxygen atoms in total. The lowest BCUT2D eigenvalue weighted by molar-refractivity contribution is -0.120. The lowest BCUT2D eigenvalue weighted by Crippen LogP contribution is -2.32. The predicted molar refractivity (Wildman–Crippen MR) is 128 cm³/mol. The Morgan fingerprint density at radius 3 is 2.32 bits per heavy atom. The van der Waals surface area contributed by atoms with Gasteiger partial charge in [0.1, 0.15) is 10.6 Å². The van der Waals surface area contributed by atoms with Crippen LogP contribution in [0.2, 0.25) is 10.0 Å². The minimum Gasteiger partial charge on any atom is -0.350 e. The zero-order chi connectivity index (χ0) is 22.1. The van der Waals surface area contributed by atoms with Gasteiger partial charge >= 0.3 is 0 Å². The van der Waals surface area contributed by atoms with Gasteiger partial charge in [-0.3, -0.25) is 9.59 Å². The number of benzene rings is 3. The Bertz CT molecular complexity index is 1230. The number of rotatable bonds is 5. The summed E-state index contributed by atoms with van der Waals surface area (Å²) in [6.07, 6.45) is 0. The third-order valence-corrected chi connectivity index (χ3v) is 6.44. The van der Waals surface area contributed by atoms with Crippen molar-refractivity contribution in [3.63, 3.8) is 0 Å². The fourth-order valence-electron chi connectivity index (χ4n) is 3.21. The largest absolute Gasteiger partial charge is 0.350 e. The molecule has 0 spiro atoms. The first-order valence-corrected chi connectivity index (χ1v) is 11.1. The third-order valence-electron chi connectivity index (χ3n) is 4.81.